The molecule has 0 aliphatic rings. The lowest BCUT2D eigenvalue weighted by atomic mass is 10.1. The molecule has 0 unspecified atom stereocenters. The van der Waals surface area contributed by atoms with Crippen LogP contribution in [0, 0.1) is 5.82 Å². The van der Waals surface area contributed by atoms with Crippen molar-refractivity contribution in [2.24, 2.45) is 0 Å². The van der Waals surface area contributed by atoms with Crippen LogP contribution in [0.2, 0.25) is 5.02 Å². The van der Waals surface area contributed by atoms with E-state index in [-0.39, 0.29) is 6.61 Å². The van der Waals surface area contributed by atoms with Crippen LogP contribution in [0.1, 0.15) is 5.56 Å². The van der Waals surface area contributed by atoms with Crippen LogP contribution >= 0.6 is 11.6 Å². The number of imidazole rings is 1. The molecular formula is C20H15ClFN3O. The second kappa shape index (κ2) is 6.69. The number of aromatic nitrogens is 2. The normalized spacial score (nSPS) is 11.0. The van der Waals surface area contributed by atoms with Crippen LogP contribution in [-0.4, -0.2) is 9.38 Å². The van der Waals surface area contributed by atoms with E-state index < -0.39 is 5.82 Å². The van der Waals surface area contributed by atoms with Gasteiger partial charge in [-0.25, -0.2) is 9.37 Å². The second-order valence-electron chi connectivity index (χ2n) is 5.84. The van der Waals surface area contributed by atoms with Crippen LogP contribution in [0.25, 0.3) is 16.9 Å². The van der Waals surface area contributed by atoms with E-state index in [1.54, 1.807) is 18.2 Å². The molecule has 0 aliphatic carbocycles. The quantitative estimate of drug-likeness (QED) is 0.519. The molecule has 6 heteroatoms. The van der Waals surface area contributed by atoms with Gasteiger partial charge in [0.15, 0.2) is 11.4 Å². The van der Waals surface area contributed by atoms with Crippen molar-refractivity contribution in [2.75, 3.05) is 5.73 Å². The Balaban J connectivity index is 1.66. The van der Waals surface area contributed by atoms with Gasteiger partial charge in [-0.05, 0) is 36.4 Å². The molecule has 0 atom stereocenters. The first-order valence-electron chi connectivity index (χ1n) is 8.01. The molecule has 2 N–H and O–H groups in total. The number of nitrogens with two attached hydrogens (primary N) is 1. The zero-order chi connectivity index (χ0) is 18.1. The topological polar surface area (TPSA) is 52.5 Å². The number of anilines is 1. The van der Waals surface area contributed by atoms with Gasteiger partial charge >= 0.3 is 0 Å². The van der Waals surface area contributed by atoms with Crippen molar-refractivity contribution in [3.05, 3.63) is 83.4 Å². The van der Waals surface area contributed by atoms with Crippen LogP contribution in [0.15, 0.2) is 67.0 Å². The summed E-state index contributed by atoms with van der Waals surface area (Å²) in [7, 11) is 0. The van der Waals surface area contributed by atoms with Crippen LogP contribution in [0.3, 0.4) is 0 Å². The first-order chi connectivity index (χ1) is 12.6. The van der Waals surface area contributed by atoms with Crippen molar-refractivity contribution < 1.29 is 9.13 Å². The van der Waals surface area contributed by atoms with Gasteiger partial charge in [0.05, 0.1) is 10.7 Å². The lowest BCUT2D eigenvalue weighted by Gasteiger charge is -2.09. The standard InChI is InChI=1S/C20H15ClFN3O/c21-16-3-1-4-17(22)15(16)12-26-19-5-2-10-25-11-18(24-20(19)25)13-6-8-14(23)9-7-13/h1-11H,12,23H2. The smallest absolute Gasteiger partial charge is 0.180 e. The Labute approximate surface area is 154 Å². The van der Waals surface area contributed by atoms with Crippen LogP contribution in [0.5, 0.6) is 5.75 Å². The summed E-state index contributed by atoms with van der Waals surface area (Å²) in [6, 6.07) is 15.7. The summed E-state index contributed by atoms with van der Waals surface area (Å²) < 4.78 is 21.6. The van der Waals surface area contributed by atoms with Crippen LogP contribution < -0.4 is 10.5 Å². The number of hydrogen-bond acceptors (Lipinski definition) is 3. The van der Waals surface area contributed by atoms with E-state index in [0.717, 1.165) is 11.3 Å². The molecule has 2 aromatic heterocycles. The molecule has 0 radical (unpaired) electrons. The van der Waals surface area contributed by atoms with Gasteiger partial charge in [0.1, 0.15) is 12.4 Å². The summed E-state index contributed by atoms with van der Waals surface area (Å²) in [4.78, 5) is 4.64. The fraction of sp³-hybridized carbons (Fsp3) is 0.0500. The molecule has 4 aromatic rings. The monoisotopic (exact) mass is 367 g/mol. The summed E-state index contributed by atoms with van der Waals surface area (Å²) in [5.41, 5.74) is 9.15. The molecule has 2 aromatic carbocycles. The zero-order valence-corrected chi connectivity index (χ0v) is 14.4. The second-order valence-corrected chi connectivity index (χ2v) is 6.25. The van der Waals surface area contributed by atoms with Gasteiger partial charge < -0.3 is 14.9 Å². The predicted octanol–water partition coefficient (Wildman–Crippen LogP) is 4.96. The fourth-order valence-electron chi connectivity index (χ4n) is 2.71. The van der Waals surface area contributed by atoms with Gasteiger partial charge in [-0.1, -0.05) is 29.8 Å². The molecule has 0 aliphatic heterocycles. The van der Waals surface area contributed by atoms with Crippen molar-refractivity contribution in [2.45, 2.75) is 6.61 Å². The van der Waals surface area contributed by atoms with Gasteiger partial charge in [-0.3, -0.25) is 0 Å². The van der Waals surface area contributed by atoms with Gasteiger partial charge in [0.2, 0.25) is 0 Å². The molecule has 4 nitrogen and oxygen atoms in total. The predicted molar refractivity (Wildman–Crippen MR) is 101 cm³/mol. The maximum Gasteiger partial charge on any atom is 0.180 e. The third-order valence-electron chi connectivity index (χ3n) is 4.09. The van der Waals surface area contributed by atoms with Crippen LogP contribution in [-0.2, 0) is 6.61 Å². The molecule has 2 heterocycles. The molecule has 26 heavy (non-hydrogen) atoms. The van der Waals surface area contributed by atoms with Crippen molar-refractivity contribution in [1.82, 2.24) is 9.38 Å². The minimum Gasteiger partial charge on any atom is -0.485 e. The zero-order valence-electron chi connectivity index (χ0n) is 13.7. The number of benzene rings is 2. The number of pyridine rings is 1. The van der Waals surface area contributed by atoms with E-state index in [1.807, 2.05) is 47.1 Å². The number of nitrogen functional groups attached to an aromatic ring is 1. The summed E-state index contributed by atoms with van der Waals surface area (Å²) in [5.74, 6) is 0.156. The lowest BCUT2D eigenvalue weighted by Crippen LogP contribution is -2.01. The van der Waals surface area contributed by atoms with Crippen molar-refractivity contribution in [1.29, 1.82) is 0 Å². The average Bonchev–Trinajstić information content (AvgIpc) is 3.07. The highest BCUT2D eigenvalue weighted by atomic mass is 35.5. The highest BCUT2D eigenvalue weighted by Crippen LogP contribution is 2.27. The van der Waals surface area contributed by atoms with Gasteiger partial charge in [-0.15, -0.1) is 0 Å². The summed E-state index contributed by atoms with van der Waals surface area (Å²) in [5, 5.41) is 0.336. The summed E-state index contributed by atoms with van der Waals surface area (Å²) in [6.45, 7) is 0.0231. The SMILES string of the molecule is Nc1ccc(-c2cn3cccc(OCc4c(F)cccc4Cl)c3n2)cc1. The maximum absolute atomic E-state index is 13.9. The molecule has 0 fully saturated rings. The molecule has 0 saturated carbocycles. The first kappa shape index (κ1) is 16.4. The minimum atomic E-state index is -0.393. The van der Waals surface area contributed by atoms with Crippen molar-refractivity contribution >= 4 is 22.9 Å². The van der Waals surface area contributed by atoms with Crippen molar-refractivity contribution in [3.63, 3.8) is 0 Å². The minimum absolute atomic E-state index is 0.0231. The molecule has 4 rings (SSSR count). The Kier molecular flexibility index (Phi) is 4.22. The molecular weight excluding hydrogens is 353 g/mol. The van der Waals surface area contributed by atoms with E-state index in [1.165, 1.54) is 6.07 Å². The number of hydrogen-bond donors (Lipinski definition) is 1. The number of ether oxygens (including phenoxy) is 1. The Bertz CT molecular complexity index is 1060. The van der Waals surface area contributed by atoms with E-state index in [0.29, 0.717) is 27.7 Å². The molecule has 0 amide bonds. The third-order valence-corrected chi connectivity index (χ3v) is 4.44. The third kappa shape index (κ3) is 3.09. The first-order valence-corrected chi connectivity index (χ1v) is 8.39. The molecule has 0 saturated heterocycles. The number of nitrogens with zero attached hydrogens (tertiary/aromatic N) is 2. The largest absolute Gasteiger partial charge is 0.485 e. The van der Waals surface area contributed by atoms with E-state index in [2.05, 4.69) is 4.98 Å². The van der Waals surface area contributed by atoms with Gasteiger partial charge in [0, 0.05) is 29.2 Å². The Hall–Kier alpha value is -3.05. The molecule has 0 spiro atoms. The van der Waals surface area contributed by atoms with E-state index in [4.69, 9.17) is 22.1 Å². The van der Waals surface area contributed by atoms with Crippen LogP contribution in [0.4, 0.5) is 10.1 Å². The summed E-state index contributed by atoms with van der Waals surface area (Å²) >= 11 is 6.06. The Morgan fingerprint density at radius 2 is 1.88 bits per heavy atom. The highest BCUT2D eigenvalue weighted by Gasteiger charge is 2.12. The lowest BCUT2D eigenvalue weighted by molar-refractivity contribution is 0.302. The number of halogens is 2. The number of rotatable bonds is 4. The molecule has 0 bridgehead atoms. The van der Waals surface area contributed by atoms with E-state index >= 15 is 0 Å². The van der Waals surface area contributed by atoms with E-state index in [9.17, 15) is 4.39 Å². The average molecular weight is 368 g/mol. The maximum atomic E-state index is 13.9. The summed E-state index contributed by atoms with van der Waals surface area (Å²) in [6.07, 6.45) is 3.79. The Morgan fingerprint density at radius 3 is 2.65 bits per heavy atom. The van der Waals surface area contributed by atoms with Crippen molar-refractivity contribution in [3.8, 4) is 17.0 Å². The Morgan fingerprint density at radius 1 is 1.08 bits per heavy atom. The van der Waals surface area contributed by atoms with Gasteiger partial charge in [-0.2, -0.15) is 0 Å². The van der Waals surface area contributed by atoms with Gasteiger partial charge in [0.25, 0.3) is 0 Å². The fourth-order valence-corrected chi connectivity index (χ4v) is 2.93. The number of fused-ring (bicyclic) bond motifs is 1. The molecule has 130 valence electrons. The highest BCUT2D eigenvalue weighted by molar-refractivity contribution is 6.31.